The van der Waals surface area contributed by atoms with E-state index in [0.717, 1.165) is 0 Å². The highest BCUT2D eigenvalue weighted by atomic mass is 35.5. The van der Waals surface area contributed by atoms with Crippen LogP contribution in [0.25, 0.3) is 0 Å². The molecule has 0 saturated carbocycles. The summed E-state index contributed by atoms with van der Waals surface area (Å²) >= 11 is 16.2. The van der Waals surface area contributed by atoms with Gasteiger partial charge < -0.3 is 5.73 Å². The van der Waals surface area contributed by atoms with Crippen LogP contribution in [-0.2, 0) is 4.79 Å². The third kappa shape index (κ3) is 3.66. The van der Waals surface area contributed by atoms with E-state index < -0.39 is 15.6 Å². The Bertz CT molecular complexity index is 198. The number of carbonyl (C=O) groups is 1. The minimum atomic E-state index is -1.75. The van der Waals surface area contributed by atoms with Crippen molar-refractivity contribution in [3.8, 4) is 6.07 Å². The Kier molecular flexibility index (Phi) is 3.95. The fourth-order valence-corrected chi connectivity index (χ4v) is 1.07. The Morgan fingerprint density at radius 3 is 2.45 bits per heavy atom. The van der Waals surface area contributed by atoms with Crippen LogP contribution in [0, 0.1) is 11.3 Å². The number of halogens is 3. The van der Waals surface area contributed by atoms with Gasteiger partial charge in [0.05, 0.1) is 6.07 Å². The summed E-state index contributed by atoms with van der Waals surface area (Å²) in [5.41, 5.74) is 4.80. The quantitative estimate of drug-likeness (QED) is 0.718. The first kappa shape index (κ1) is 10.8. The molecule has 0 aliphatic carbocycles. The van der Waals surface area contributed by atoms with Crippen LogP contribution in [0.5, 0.6) is 0 Å². The minimum absolute atomic E-state index is 0.177. The fraction of sp³-hybridized carbons (Fsp3) is 0.600. The number of amides is 1. The molecule has 0 aliphatic rings. The van der Waals surface area contributed by atoms with Gasteiger partial charge in [0.2, 0.25) is 0 Å². The van der Waals surface area contributed by atoms with Crippen molar-refractivity contribution < 1.29 is 4.79 Å². The van der Waals surface area contributed by atoms with Gasteiger partial charge in [-0.05, 0) is 0 Å². The summed E-state index contributed by atoms with van der Waals surface area (Å²) in [6.07, 6.45) is -0.177. The molecule has 11 heavy (non-hydrogen) atoms. The summed E-state index contributed by atoms with van der Waals surface area (Å²) in [4.78, 5) is 10.5. The van der Waals surface area contributed by atoms with Crippen molar-refractivity contribution in [1.82, 2.24) is 0 Å². The molecule has 0 spiro atoms. The Balaban J connectivity index is 4.15. The van der Waals surface area contributed by atoms with Gasteiger partial charge in [0, 0.05) is 6.42 Å². The van der Waals surface area contributed by atoms with Gasteiger partial charge in [-0.2, -0.15) is 5.26 Å². The van der Waals surface area contributed by atoms with Crippen molar-refractivity contribution in [2.24, 2.45) is 5.73 Å². The summed E-state index contributed by atoms with van der Waals surface area (Å²) in [6, 6.07) is 1.66. The van der Waals surface area contributed by atoms with Crippen molar-refractivity contribution in [2.45, 2.75) is 16.1 Å². The van der Waals surface area contributed by atoms with E-state index in [9.17, 15) is 4.79 Å². The molecule has 0 aromatic rings. The van der Waals surface area contributed by atoms with Crippen LogP contribution in [0.3, 0.4) is 0 Å². The number of rotatable bonds is 3. The maximum atomic E-state index is 10.5. The van der Waals surface area contributed by atoms with E-state index in [0.29, 0.717) is 0 Å². The maximum Gasteiger partial charge on any atom is 0.253 e. The Morgan fingerprint density at radius 2 is 2.18 bits per heavy atom. The van der Waals surface area contributed by atoms with E-state index >= 15 is 0 Å². The summed E-state index contributed by atoms with van der Waals surface area (Å²) < 4.78 is -1.75. The Labute approximate surface area is 79.0 Å². The van der Waals surface area contributed by atoms with Crippen molar-refractivity contribution in [3.05, 3.63) is 0 Å². The smallest absolute Gasteiger partial charge is 0.253 e. The highest BCUT2D eigenvalue weighted by Crippen LogP contribution is 2.27. The highest BCUT2D eigenvalue weighted by Gasteiger charge is 2.33. The monoisotopic (exact) mass is 214 g/mol. The molecule has 0 saturated heterocycles. The van der Waals surface area contributed by atoms with Crippen molar-refractivity contribution in [2.75, 3.05) is 0 Å². The number of alkyl halides is 3. The largest absolute Gasteiger partial charge is 0.367 e. The number of nitrogens with zero attached hydrogens (tertiary/aromatic N) is 1. The van der Waals surface area contributed by atoms with E-state index in [1.807, 2.05) is 0 Å². The molecule has 0 aliphatic heterocycles. The zero-order valence-corrected chi connectivity index (χ0v) is 7.62. The van der Waals surface area contributed by atoms with Gasteiger partial charge in [0.1, 0.15) is 5.38 Å². The number of nitriles is 1. The molecular weight excluding hydrogens is 210 g/mol. The molecule has 0 rings (SSSR count). The molecule has 1 amide bonds. The van der Waals surface area contributed by atoms with Gasteiger partial charge in [-0.15, -0.1) is 11.6 Å². The molecule has 0 fully saturated rings. The molecule has 6 heteroatoms. The van der Waals surface area contributed by atoms with Crippen molar-refractivity contribution in [3.63, 3.8) is 0 Å². The molecule has 0 aromatic carbocycles. The van der Waals surface area contributed by atoms with E-state index in [-0.39, 0.29) is 6.42 Å². The first-order valence-electron chi connectivity index (χ1n) is 2.61. The second-order valence-electron chi connectivity index (χ2n) is 1.87. The Hall–Kier alpha value is -0.170. The lowest BCUT2D eigenvalue weighted by Crippen LogP contribution is -2.35. The maximum absolute atomic E-state index is 10.5. The third-order valence-corrected chi connectivity index (χ3v) is 1.87. The Morgan fingerprint density at radius 1 is 1.73 bits per heavy atom. The van der Waals surface area contributed by atoms with E-state index in [1.165, 1.54) is 0 Å². The second-order valence-corrected chi connectivity index (χ2v) is 3.88. The normalized spacial score (nSPS) is 13.6. The molecule has 3 nitrogen and oxygen atoms in total. The van der Waals surface area contributed by atoms with Crippen LogP contribution in [0.2, 0.25) is 0 Å². The molecule has 0 bridgehead atoms. The summed E-state index contributed by atoms with van der Waals surface area (Å²) in [5.74, 6) is -0.901. The molecule has 1 unspecified atom stereocenters. The van der Waals surface area contributed by atoms with Crippen LogP contribution >= 0.6 is 34.8 Å². The number of nitrogens with two attached hydrogens (primary N) is 1. The van der Waals surface area contributed by atoms with E-state index in [1.54, 1.807) is 6.07 Å². The molecule has 0 radical (unpaired) electrons. The fourth-order valence-electron chi connectivity index (χ4n) is 0.371. The lowest BCUT2D eigenvalue weighted by molar-refractivity contribution is -0.118. The van der Waals surface area contributed by atoms with Crippen LogP contribution < -0.4 is 5.73 Å². The number of primary amides is 1. The minimum Gasteiger partial charge on any atom is -0.367 e. The van der Waals surface area contributed by atoms with Gasteiger partial charge in [-0.1, -0.05) is 23.2 Å². The van der Waals surface area contributed by atoms with E-state index in [4.69, 9.17) is 45.8 Å². The van der Waals surface area contributed by atoms with Crippen LogP contribution in [0.4, 0.5) is 0 Å². The van der Waals surface area contributed by atoms with Gasteiger partial charge >= 0.3 is 0 Å². The van der Waals surface area contributed by atoms with Gasteiger partial charge in [0.15, 0.2) is 4.33 Å². The standard InChI is InChI=1S/C5H5Cl3N2O/c6-3(2-9)1-5(7,8)4(10)11/h3H,1H2,(H2,10,11). The zero-order valence-electron chi connectivity index (χ0n) is 5.35. The van der Waals surface area contributed by atoms with Crippen LogP contribution in [-0.4, -0.2) is 15.6 Å². The number of hydrogen-bond donors (Lipinski definition) is 1. The lowest BCUT2D eigenvalue weighted by Gasteiger charge is -2.14. The average Bonchev–Trinajstić information content (AvgIpc) is 1.86. The molecule has 0 aromatic heterocycles. The predicted octanol–water partition coefficient (Wildman–Crippen LogP) is 1.17. The second kappa shape index (κ2) is 4.01. The summed E-state index contributed by atoms with van der Waals surface area (Å²) in [7, 11) is 0. The van der Waals surface area contributed by atoms with Gasteiger partial charge in [-0.3, -0.25) is 4.79 Å². The topological polar surface area (TPSA) is 66.9 Å². The third-order valence-electron chi connectivity index (χ3n) is 0.936. The van der Waals surface area contributed by atoms with Crippen LogP contribution in [0.15, 0.2) is 0 Å². The number of hydrogen-bond acceptors (Lipinski definition) is 2. The molecule has 62 valence electrons. The van der Waals surface area contributed by atoms with Crippen LogP contribution in [0.1, 0.15) is 6.42 Å². The number of carbonyl (C=O) groups excluding carboxylic acids is 1. The lowest BCUT2D eigenvalue weighted by atomic mass is 10.2. The zero-order chi connectivity index (χ0) is 9.07. The highest BCUT2D eigenvalue weighted by molar-refractivity contribution is 6.58. The molecule has 0 heterocycles. The van der Waals surface area contributed by atoms with Gasteiger partial charge in [0.25, 0.3) is 5.91 Å². The summed E-state index contributed by atoms with van der Waals surface area (Å²) in [5, 5.41) is 7.32. The van der Waals surface area contributed by atoms with Crippen molar-refractivity contribution in [1.29, 1.82) is 5.26 Å². The SMILES string of the molecule is N#CC(Cl)CC(Cl)(Cl)C(N)=O. The molecule has 2 N–H and O–H groups in total. The molecule has 1 atom stereocenters. The van der Waals surface area contributed by atoms with Gasteiger partial charge in [-0.25, -0.2) is 0 Å². The van der Waals surface area contributed by atoms with Crippen molar-refractivity contribution >= 4 is 40.7 Å². The first-order chi connectivity index (χ1) is 4.90. The predicted molar refractivity (Wildman–Crippen MR) is 43.5 cm³/mol. The van der Waals surface area contributed by atoms with E-state index in [2.05, 4.69) is 0 Å². The first-order valence-corrected chi connectivity index (χ1v) is 3.81. The molecular formula is C5H5Cl3N2O. The average molecular weight is 215 g/mol. The summed E-state index contributed by atoms with van der Waals surface area (Å²) in [6.45, 7) is 0.